The average Bonchev–Trinajstić information content (AvgIpc) is 2.83. The van der Waals surface area contributed by atoms with Crippen LogP contribution < -0.4 is 4.74 Å². The van der Waals surface area contributed by atoms with E-state index in [-0.39, 0.29) is 0 Å². The number of unbranched alkanes of at least 4 members (excludes halogenated alkanes) is 1. The van der Waals surface area contributed by atoms with Gasteiger partial charge in [0.25, 0.3) is 0 Å². The fraction of sp³-hybridized carbons (Fsp3) is 0.333. The third kappa shape index (κ3) is 2.59. The van der Waals surface area contributed by atoms with Crippen LogP contribution in [0.2, 0.25) is 0 Å². The van der Waals surface area contributed by atoms with E-state index < -0.39 is 0 Å². The largest absolute Gasteiger partial charge is 0.494 e. The van der Waals surface area contributed by atoms with Gasteiger partial charge in [0, 0.05) is 5.56 Å². The van der Waals surface area contributed by atoms with E-state index in [1.54, 1.807) is 0 Å². The van der Waals surface area contributed by atoms with Crippen molar-refractivity contribution in [3.63, 3.8) is 0 Å². The number of nitrogens with zero attached hydrogens (tertiary/aromatic N) is 2. The van der Waals surface area contributed by atoms with E-state index in [4.69, 9.17) is 9.15 Å². The second-order valence-electron chi connectivity index (χ2n) is 3.47. The molecule has 0 saturated heterocycles. The summed E-state index contributed by atoms with van der Waals surface area (Å²) in [5.41, 5.74) is 0.881. The van der Waals surface area contributed by atoms with Crippen molar-refractivity contribution in [2.24, 2.45) is 0 Å². The second-order valence-corrected chi connectivity index (χ2v) is 3.47. The standard InChI is InChI=1S/C12H14N2O2/c1-2-3-7-15-11-6-4-5-10(8-11)12-14-13-9-16-12/h4-6,8-9H,2-3,7H2,1H3. The number of benzene rings is 1. The van der Waals surface area contributed by atoms with Crippen LogP contribution >= 0.6 is 0 Å². The van der Waals surface area contributed by atoms with Crippen molar-refractivity contribution in [2.75, 3.05) is 6.61 Å². The van der Waals surface area contributed by atoms with Gasteiger partial charge in [0.05, 0.1) is 6.61 Å². The van der Waals surface area contributed by atoms with E-state index in [0.717, 1.165) is 30.8 Å². The Morgan fingerprint density at radius 1 is 1.38 bits per heavy atom. The van der Waals surface area contributed by atoms with Crippen molar-refractivity contribution in [2.45, 2.75) is 19.8 Å². The molecule has 4 nitrogen and oxygen atoms in total. The molecule has 0 N–H and O–H groups in total. The van der Waals surface area contributed by atoms with Gasteiger partial charge in [-0.2, -0.15) is 0 Å². The third-order valence-electron chi connectivity index (χ3n) is 2.21. The number of aromatic nitrogens is 2. The summed E-state index contributed by atoms with van der Waals surface area (Å²) in [4.78, 5) is 0. The highest BCUT2D eigenvalue weighted by molar-refractivity contribution is 5.55. The lowest BCUT2D eigenvalue weighted by Gasteiger charge is -2.05. The van der Waals surface area contributed by atoms with Crippen LogP contribution in [0.1, 0.15) is 19.8 Å². The molecule has 4 heteroatoms. The number of rotatable bonds is 5. The van der Waals surface area contributed by atoms with Gasteiger partial charge in [-0.05, 0) is 24.6 Å². The van der Waals surface area contributed by atoms with Crippen LogP contribution in [-0.2, 0) is 0 Å². The molecule has 0 aliphatic carbocycles. The smallest absolute Gasteiger partial charge is 0.247 e. The molecule has 0 atom stereocenters. The number of ether oxygens (including phenoxy) is 1. The molecule has 0 spiro atoms. The van der Waals surface area contributed by atoms with E-state index >= 15 is 0 Å². The lowest BCUT2D eigenvalue weighted by Crippen LogP contribution is -1.96. The van der Waals surface area contributed by atoms with Crippen molar-refractivity contribution < 1.29 is 9.15 Å². The van der Waals surface area contributed by atoms with Crippen LogP contribution in [0, 0.1) is 0 Å². The lowest BCUT2D eigenvalue weighted by molar-refractivity contribution is 0.309. The minimum Gasteiger partial charge on any atom is -0.494 e. The molecule has 1 aromatic heterocycles. The monoisotopic (exact) mass is 218 g/mol. The van der Waals surface area contributed by atoms with Gasteiger partial charge in [-0.25, -0.2) is 0 Å². The highest BCUT2D eigenvalue weighted by Gasteiger charge is 2.04. The summed E-state index contributed by atoms with van der Waals surface area (Å²) >= 11 is 0. The zero-order chi connectivity index (χ0) is 11.2. The summed E-state index contributed by atoms with van der Waals surface area (Å²) < 4.78 is 10.7. The van der Waals surface area contributed by atoms with Gasteiger partial charge < -0.3 is 9.15 Å². The first-order chi connectivity index (χ1) is 7.90. The Morgan fingerprint density at radius 2 is 2.31 bits per heavy atom. The summed E-state index contributed by atoms with van der Waals surface area (Å²) in [6.45, 7) is 2.88. The van der Waals surface area contributed by atoms with E-state index in [1.807, 2.05) is 24.3 Å². The molecule has 0 aliphatic rings. The summed E-state index contributed by atoms with van der Waals surface area (Å²) in [7, 11) is 0. The maximum absolute atomic E-state index is 5.60. The van der Waals surface area contributed by atoms with E-state index in [0.29, 0.717) is 5.89 Å². The molecule has 84 valence electrons. The second kappa shape index (κ2) is 5.30. The molecule has 0 aliphatic heterocycles. The molecule has 1 aromatic carbocycles. The predicted octanol–water partition coefficient (Wildman–Crippen LogP) is 2.92. The zero-order valence-corrected chi connectivity index (χ0v) is 9.22. The Balaban J connectivity index is 2.08. The van der Waals surface area contributed by atoms with Crippen molar-refractivity contribution in [1.82, 2.24) is 10.2 Å². The fourth-order valence-corrected chi connectivity index (χ4v) is 1.35. The van der Waals surface area contributed by atoms with Gasteiger partial charge in [-0.1, -0.05) is 19.4 Å². The van der Waals surface area contributed by atoms with Crippen LogP contribution in [0.15, 0.2) is 35.1 Å². The molecule has 16 heavy (non-hydrogen) atoms. The molecule has 0 fully saturated rings. The predicted molar refractivity (Wildman–Crippen MR) is 60.1 cm³/mol. The maximum atomic E-state index is 5.60. The molecule has 2 rings (SSSR count). The van der Waals surface area contributed by atoms with Crippen molar-refractivity contribution >= 4 is 0 Å². The van der Waals surface area contributed by atoms with Crippen LogP contribution in [0.25, 0.3) is 11.5 Å². The quantitative estimate of drug-likeness (QED) is 0.724. The third-order valence-corrected chi connectivity index (χ3v) is 2.21. The molecule has 0 saturated carbocycles. The lowest BCUT2D eigenvalue weighted by atomic mass is 10.2. The zero-order valence-electron chi connectivity index (χ0n) is 9.22. The Hall–Kier alpha value is -1.84. The van der Waals surface area contributed by atoms with Crippen molar-refractivity contribution in [3.8, 4) is 17.2 Å². The number of hydrogen-bond donors (Lipinski definition) is 0. The van der Waals surface area contributed by atoms with Crippen LogP contribution in [-0.4, -0.2) is 16.8 Å². The van der Waals surface area contributed by atoms with Gasteiger partial charge in [0.1, 0.15) is 5.75 Å². The first kappa shape index (κ1) is 10.7. The van der Waals surface area contributed by atoms with Crippen LogP contribution in [0.3, 0.4) is 0 Å². The number of hydrogen-bond acceptors (Lipinski definition) is 4. The average molecular weight is 218 g/mol. The molecule has 0 bridgehead atoms. The molecule has 2 aromatic rings. The highest BCUT2D eigenvalue weighted by atomic mass is 16.5. The Bertz CT molecular complexity index is 426. The molecular weight excluding hydrogens is 204 g/mol. The Kier molecular flexibility index (Phi) is 3.53. The molecular formula is C12H14N2O2. The van der Waals surface area contributed by atoms with Gasteiger partial charge >= 0.3 is 0 Å². The van der Waals surface area contributed by atoms with Gasteiger partial charge in [-0.15, -0.1) is 10.2 Å². The SMILES string of the molecule is CCCCOc1cccc(-c2nnco2)c1. The Morgan fingerprint density at radius 3 is 3.06 bits per heavy atom. The van der Waals surface area contributed by atoms with Crippen molar-refractivity contribution in [3.05, 3.63) is 30.7 Å². The topological polar surface area (TPSA) is 48.2 Å². The van der Waals surface area contributed by atoms with E-state index in [1.165, 1.54) is 6.39 Å². The normalized spacial score (nSPS) is 10.3. The molecule has 0 radical (unpaired) electrons. The van der Waals surface area contributed by atoms with Gasteiger partial charge in [0.15, 0.2) is 0 Å². The maximum Gasteiger partial charge on any atom is 0.247 e. The van der Waals surface area contributed by atoms with Gasteiger partial charge in [0.2, 0.25) is 12.3 Å². The minimum atomic E-state index is 0.515. The summed E-state index contributed by atoms with van der Waals surface area (Å²) in [5.74, 6) is 1.35. The van der Waals surface area contributed by atoms with Crippen LogP contribution in [0.4, 0.5) is 0 Å². The molecule has 1 heterocycles. The first-order valence-corrected chi connectivity index (χ1v) is 5.39. The molecule has 0 unspecified atom stereocenters. The van der Waals surface area contributed by atoms with Crippen LogP contribution in [0.5, 0.6) is 5.75 Å². The summed E-state index contributed by atoms with van der Waals surface area (Å²) in [6.07, 6.45) is 3.51. The van der Waals surface area contributed by atoms with E-state index in [9.17, 15) is 0 Å². The highest BCUT2D eigenvalue weighted by Crippen LogP contribution is 2.21. The van der Waals surface area contributed by atoms with E-state index in [2.05, 4.69) is 17.1 Å². The summed E-state index contributed by atoms with van der Waals surface area (Å²) in [5, 5.41) is 7.50. The van der Waals surface area contributed by atoms with Crippen molar-refractivity contribution in [1.29, 1.82) is 0 Å². The minimum absolute atomic E-state index is 0.515. The Labute approximate surface area is 94.3 Å². The first-order valence-electron chi connectivity index (χ1n) is 5.39. The fourth-order valence-electron chi connectivity index (χ4n) is 1.35. The molecule has 0 amide bonds. The summed E-state index contributed by atoms with van der Waals surface area (Å²) in [6, 6.07) is 7.67. The van der Waals surface area contributed by atoms with Gasteiger partial charge in [-0.3, -0.25) is 0 Å².